The Balaban J connectivity index is 1.69. The number of benzene rings is 1. The third-order valence-electron chi connectivity index (χ3n) is 4.48. The predicted molar refractivity (Wildman–Crippen MR) is 108 cm³/mol. The lowest BCUT2D eigenvalue weighted by Crippen LogP contribution is -2.71. The molecule has 0 aliphatic carbocycles. The molecule has 26 heavy (non-hydrogen) atoms. The summed E-state index contributed by atoms with van der Waals surface area (Å²) in [4.78, 5) is 37.6. The summed E-state index contributed by atoms with van der Waals surface area (Å²) in [5.41, 5.74) is 1.61. The first kappa shape index (κ1) is 19.2. The summed E-state index contributed by atoms with van der Waals surface area (Å²) in [7, 11) is 0. The van der Waals surface area contributed by atoms with Crippen molar-refractivity contribution < 1.29 is 19.1 Å². The molecule has 6 nitrogen and oxygen atoms in total. The number of halogens is 1. The Kier molecular flexibility index (Phi) is 6.23. The van der Waals surface area contributed by atoms with Crippen molar-refractivity contribution in [3.63, 3.8) is 0 Å². The van der Waals surface area contributed by atoms with Crippen LogP contribution in [0.25, 0.3) is 0 Å². The van der Waals surface area contributed by atoms with Gasteiger partial charge in [-0.15, -0.1) is 11.8 Å². The molecule has 2 aliphatic heterocycles. The summed E-state index contributed by atoms with van der Waals surface area (Å²) in [6.45, 7) is 4.87. The van der Waals surface area contributed by atoms with Crippen LogP contribution in [0.3, 0.4) is 0 Å². The fourth-order valence-corrected chi connectivity index (χ4v) is 5.71. The first-order valence-electron chi connectivity index (χ1n) is 8.20. The number of nitrogens with zero attached hydrogens (tertiary/aromatic N) is 1. The molecule has 1 aromatic rings. The standard InChI is InChI=1S/C18H19IN2O4S/c1-11-9-21-17(24)14(18(21)26-13(11)7-8-19)20-16(23)15(25-10-22)12-5-3-2-4-6-12/h2-6,10,13-15,18H,1,7-9H2,(H,20,23)/t13?,14?,15?,18-/m1/s1. The molecule has 0 bridgehead atoms. The van der Waals surface area contributed by atoms with Gasteiger partial charge in [0.2, 0.25) is 12.0 Å². The average Bonchev–Trinajstić information content (AvgIpc) is 2.66. The Morgan fingerprint density at radius 1 is 1.46 bits per heavy atom. The van der Waals surface area contributed by atoms with Gasteiger partial charge in [0, 0.05) is 21.8 Å². The van der Waals surface area contributed by atoms with Crippen LogP contribution >= 0.6 is 34.4 Å². The third kappa shape index (κ3) is 3.75. The van der Waals surface area contributed by atoms with Crippen LogP contribution < -0.4 is 5.32 Å². The number of carbonyl (C=O) groups excluding carboxylic acids is 3. The monoisotopic (exact) mass is 486 g/mol. The van der Waals surface area contributed by atoms with Crippen LogP contribution in [0, 0.1) is 0 Å². The molecule has 0 radical (unpaired) electrons. The van der Waals surface area contributed by atoms with E-state index < -0.39 is 18.1 Å². The van der Waals surface area contributed by atoms with Crippen LogP contribution in [0.5, 0.6) is 0 Å². The maximum Gasteiger partial charge on any atom is 0.294 e. The van der Waals surface area contributed by atoms with E-state index in [1.54, 1.807) is 40.9 Å². The highest BCUT2D eigenvalue weighted by Gasteiger charge is 2.52. The fourth-order valence-electron chi connectivity index (χ4n) is 3.14. The van der Waals surface area contributed by atoms with Crippen molar-refractivity contribution in [1.82, 2.24) is 10.2 Å². The average molecular weight is 486 g/mol. The smallest absolute Gasteiger partial charge is 0.294 e. The van der Waals surface area contributed by atoms with Crippen LogP contribution in [-0.2, 0) is 19.1 Å². The first-order valence-corrected chi connectivity index (χ1v) is 10.7. The summed E-state index contributed by atoms with van der Waals surface area (Å²) in [6, 6.07) is 8.15. The van der Waals surface area contributed by atoms with E-state index in [-0.39, 0.29) is 23.0 Å². The maximum atomic E-state index is 12.6. The summed E-state index contributed by atoms with van der Waals surface area (Å²) < 4.78 is 5.98. The number of hydrogen-bond donors (Lipinski definition) is 1. The molecule has 2 heterocycles. The van der Waals surface area contributed by atoms with E-state index in [1.165, 1.54) is 0 Å². The van der Waals surface area contributed by atoms with Crippen molar-refractivity contribution in [3.8, 4) is 0 Å². The van der Waals surface area contributed by atoms with Crippen LogP contribution in [0.4, 0.5) is 0 Å². The highest BCUT2D eigenvalue weighted by molar-refractivity contribution is 14.1. The number of β-lactam (4-membered cyclic amide) rings is 1. The van der Waals surface area contributed by atoms with Gasteiger partial charge in [0.25, 0.3) is 12.4 Å². The zero-order chi connectivity index (χ0) is 18.7. The fraction of sp³-hybridized carbons (Fsp3) is 0.389. The zero-order valence-corrected chi connectivity index (χ0v) is 16.9. The number of hydrogen-bond acceptors (Lipinski definition) is 5. The highest BCUT2D eigenvalue weighted by Crippen LogP contribution is 2.42. The van der Waals surface area contributed by atoms with Gasteiger partial charge in [0.15, 0.2) is 0 Å². The molecule has 3 rings (SSSR count). The van der Waals surface area contributed by atoms with Gasteiger partial charge in [-0.3, -0.25) is 14.4 Å². The molecule has 0 spiro atoms. The van der Waals surface area contributed by atoms with Crippen molar-refractivity contribution in [2.75, 3.05) is 11.0 Å². The second-order valence-electron chi connectivity index (χ2n) is 6.13. The van der Waals surface area contributed by atoms with Gasteiger partial charge in [-0.2, -0.15) is 0 Å². The van der Waals surface area contributed by atoms with Gasteiger partial charge in [0.1, 0.15) is 11.4 Å². The molecular formula is C18H19IN2O4S. The Morgan fingerprint density at radius 2 is 2.19 bits per heavy atom. The molecule has 4 atom stereocenters. The molecule has 2 amide bonds. The van der Waals surface area contributed by atoms with E-state index >= 15 is 0 Å². The molecule has 1 aromatic carbocycles. The topological polar surface area (TPSA) is 75.7 Å². The van der Waals surface area contributed by atoms with Crippen LogP contribution in [0.15, 0.2) is 42.5 Å². The predicted octanol–water partition coefficient (Wildman–Crippen LogP) is 2.05. The SMILES string of the molecule is C=C1CN2C(=O)C(NC(=O)C(OC=O)c3ccccc3)[C@H]2SC1CCI. The molecule has 8 heteroatoms. The van der Waals surface area contributed by atoms with E-state index in [1.807, 2.05) is 6.07 Å². The van der Waals surface area contributed by atoms with Crippen LogP contribution in [0.1, 0.15) is 18.1 Å². The summed E-state index contributed by atoms with van der Waals surface area (Å²) in [5, 5.41) is 2.95. The number of amides is 2. The molecule has 3 unspecified atom stereocenters. The molecule has 0 aromatic heterocycles. The molecule has 2 aliphatic rings. The maximum absolute atomic E-state index is 12.6. The Hall–Kier alpha value is -1.55. The molecule has 2 fully saturated rings. The Labute approximate surface area is 169 Å². The van der Waals surface area contributed by atoms with Gasteiger partial charge in [-0.25, -0.2) is 0 Å². The normalized spacial score (nSPS) is 25.7. The largest absolute Gasteiger partial charge is 0.449 e. The molecule has 2 saturated heterocycles. The minimum Gasteiger partial charge on any atom is -0.449 e. The number of fused-ring (bicyclic) bond motifs is 1. The molecular weight excluding hydrogens is 467 g/mol. The van der Waals surface area contributed by atoms with Crippen molar-refractivity contribution in [3.05, 3.63) is 48.0 Å². The summed E-state index contributed by atoms with van der Waals surface area (Å²) >= 11 is 3.99. The van der Waals surface area contributed by atoms with E-state index in [4.69, 9.17) is 4.74 Å². The lowest BCUT2D eigenvalue weighted by Gasteiger charge is -2.52. The third-order valence-corrected chi connectivity index (χ3v) is 6.80. The second-order valence-corrected chi connectivity index (χ2v) is 8.53. The van der Waals surface area contributed by atoms with E-state index in [2.05, 4.69) is 34.5 Å². The minimum atomic E-state index is -1.07. The van der Waals surface area contributed by atoms with Gasteiger partial charge >= 0.3 is 0 Å². The zero-order valence-electron chi connectivity index (χ0n) is 14.0. The lowest BCUT2D eigenvalue weighted by molar-refractivity contribution is -0.152. The number of nitrogens with one attached hydrogen (secondary N) is 1. The van der Waals surface area contributed by atoms with E-state index in [0.717, 1.165) is 16.4 Å². The van der Waals surface area contributed by atoms with Gasteiger partial charge in [-0.1, -0.05) is 59.5 Å². The lowest BCUT2D eigenvalue weighted by atomic mass is 10.0. The van der Waals surface area contributed by atoms with E-state index in [9.17, 15) is 14.4 Å². The molecule has 138 valence electrons. The van der Waals surface area contributed by atoms with Crippen LogP contribution in [0.2, 0.25) is 0 Å². The quantitative estimate of drug-likeness (QED) is 0.210. The van der Waals surface area contributed by atoms with Crippen molar-refractivity contribution in [1.29, 1.82) is 0 Å². The summed E-state index contributed by atoms with van der Waals surface area (Å²) in [5.74, 6) is -0.612. The highest BCUT2D eigenvalue weighted by atomic mass is 127. The second kappa shape index (κ2) is 8.43. The Bertz CT molecular complexity index is 714. The van der Waals surface area contributed by atoms with E-state index in [0.29, 0.717) is 12.1 Å². The summed E-state index contributed by atoms with van der Waals surface area (Å²) in [6.07, 6.45) is -0.0753. The van der Waals surface area contributed by atoms with Gasteiger partial charge in [-0.05, 0) is 12.0 Å². The number of thioether (sulfide) groups is 1. The van der Waals surface area contributed by atoms with Crippen molar-refractivity contribution >= 4 is 52.6 Å². The van der Waals surface area contributed by atoms with Gasteiger partial charge < -0.3 is 15.0 Å². The molecule has 0 saturated carbocycles. The van der Waals surface area contributed by atoms with Crippen molar-refractivity contribution in [2.24, 2.45) is 0 Å². The number of ether oxygens (including phenoxy) is 1. The number of carbonyl (C=O) groups is 3. The number of alkyl halides is 1. The van der Waals surface area contributed by atoms with Crippen LogP contribution in [-0.4, -0.2) is 50.8 Å². The number of rotatable bonds is 7. The Morgan fingerprint density at radius 3 is 2.85 bits per heavy atom. The van der Waals surface area contributed by atoms with Crippen molar-refractivity contribution in [2.45, 2.75) is 29.2 Å². The minimum absolute atomic E-state index is 0.0995. The van der Waals surface area contributed by atoms with Gasteiger partial charge in [0.05, 0.1) is 0 Å². The first-order chi connectivity index (χ1) is 12.6. The molecule has 1 N–H and O–H groups in total.